The zero-order valence-corrected chi connectivity index (χ0v) is 11.5. The molecular formula is C15H12ClNS. The molecule has 0 radical (unpaired) electrons. The Morgan fingerprint density at radius 2 is 1.78 bits per heavy atom. The summed E-state index contributed by atoms with van der Waals surface area (Å²) in [5.74, 6) is 0. The predicted octanol–water partition coefficient (Wildman–Crippen LogP) is 5.17. The van der Waals surface area contributed by atoms with Gasteiger partial charge in [0.1, 0.15) is 0 Å². The molecule has 18 heavy (non-hydrogen) atoms. The van der Waals surface area contributed by atoms with Crippen LogP contribution in [0.3, 0.4) is 0 Å². The normalized spacial score (nSPS) is 10.8. The smallest absolute Gasteiger partial charge is 0.0631 e. The average Bonchev–Trinajstić information content (AvgIpc) is 2.99. The highest BCUT2D eigenvalue weighted by Crippen LogP contribution is 2.30. The molecule has 0 bridgehead atoms. The first-order valence-electron chi connectivity index (χ1n) is 5.74. The summed E-state index contributed by atoms with van der Waals surface area (Å²) in [7, 11) is 0. The molecule has 0 atom stereocenters. The van der Waals surface area contributed by atoms with Crippen LogP contribution < -0.4 is 0 Å². The van der Waals surface area contributed by atoms with Gasteiger partial charge in [-0.3, -0.25) is 0 Å². The van der Waals surface area contributed by atoms with Crippen LogP contribution in [0.5, 0.6) is 0 Å². The molecule has 0 saturated carbocycles. The van der Waals surface area contributed by atoms with E-state index >= 15 is 0 Å². The number of aromatic nitrogens is 1. The van der Waals surface area contributed by atoms with E-state index in [1.807, 2.05) is 24.3 Å². The van der Waals surface area contributed by atoms with E-state index in [4.69, 9.17) is 11.6 Å². The van der Waals surface area contributed by atoms with Crippen molar-refractivity contribution in [1.82, 2.24) is 4.57 Å². The maximum atomic E-state index is 5.94. The standard InChI is InChI=1S/C15H12ClNS/c1-11-4-9-14(15-3-2-10-18-15)17(11)13-7-5-12(16)6-8-13/h2-10H,1H3. The van der Waals surface area contributed by atoms with Crippen LogP contribution in [0.15, 0.2) is 53.9 Å². The number of thiophene rings is 1. The fourth-order valence-corrected chi connectivity index (χ4v) is 2.96. The minimum atomic E-state index is 0.765. The SMILES string of the molecule is Cc1ccc(-c2cccs2)n1-c1ccc(Cl)cc1. The summed E-state index contributed by atoms with van der Waals surface area (Å²) in [5, 5.41) is 2.87. The Kier molecular flexibility index (Phi) is 2.98. The van der Waals surface area contributed by atoms with E-state index in [0.29, 0.717) is 0 Å². The Labute approximate surface area is 115 Å². The van der Waals surface area contributed by atoms with Gasteiger partial charge in [0.2, 0.25) is 0 Å². The van der Waals surface area contributed by atoms with Crippen LogP contribution in [0, 0.1) is 6.92 Å². The maximum absolute atomic E-state index is 5.94. The molecular weight excluding hydrogens is 262 g/mol. The number of benzene rings is 1. The van der Waals surface area contributed by atoms with Gasteiger partial charge in [-0.1, -0.05) is 17.7 Å². The molecule has 1 aromatic carbocycles. The molecule has 0 fully saturated rings. The lowest BCUT2D eigenvalue weighted by Crippen LogP contribution is -1.97. The van der Waals surface area contributed by atoms with Gasteiger partial charge < -0.3 is 4.57 Å². The van der Waals surface area contributed by atoms with Gasteiger partial charge in [-0.05, 0) is 54.8 Å². The van der Waals surface area contributed by atoms with Crippen molar-refractivity contribution < 1.29 is 0 Å². The molecule has 0 amide bonds. The van der Waals surface area contributed by atoms with Crippen molar-refractivity contribution in [2.45, 2.75) is 6.92 Å². The monoisotopic (exact) mass is 273 g/mol. The fraction of sp³-hybridized carbons (Fsp3) is 0.0667. The lowest BCUT2D eigenvalue weighted by molar-refractivity contribution is 1.03. The largest absolute Gasteiger partial charge is 0.313 e. The Morgan fingerprint density at radius 3 is 2.44 bits per heavy atom. The summed E-state index contributed by atoms with van der Waals surface area (Å²) in [6.07, 6.45) is 0. The molecule has 0 aliphatic heterocycles. The first kappa shape index (κ1) is 11.6. The highest BCUT2D eigenvalue weighted by Gasteiger charge is 2.09. The van der Waals surface area contributed by atoms with Gasteiger partial charge in [-0.25, -0.2) is 0 Å². The van der Waals surface area contributed by atoms with Gasteiger partial charge in [-0.15, -0.1) is 11.3 Å². The topological polar surface area (TPSA) is 4.93 Å². The molecule has 0 aliphatic rings. The second-order valence-corrected chi connectivity index (χ2v) is 5.53. The third-order valence-corrected chi connectivity index (χ3v) is 4.08. The summed E-state index contributed by atoms with van der Waals surface area (Å²) >= 11 is 7.70. The molecule has 0 aliphatic carbocycles. The van der Waals surface area contributed by atoms with Crippen molar-refractivity contribution >= 4 is 22.9 Å². The zero-order valence-electron chi connectivity index (χ0n) is 9.93. The highest BCUT2D eigenvalue weighted by atomic mass is 35.5. The van der Waals surface area contributed by atoms with Crippen molar-refractivity contribution in [3.63, 3.8) is 0 Å². The molecule has 1 nitrogen and oxygen atoms in total. The van der Waals surface area contributed by atoms with Crippen LogP contribution in [-0.2, 0) is 0 Å². The van der Waals surface area contributed by atoms with E-state index in [9.17, 15) is 0 Å². The van der Waals surface area contributed by atoms with E-state index in [0.717, 1.165) is 10.7 Å². The fourth-order valence-electron chi connectivity index (χ4n) is 2.09. The van der Waals surface area contributed by atoms with Crippen molar-refractivity contribution in [3.8, 4) is 16.3 Å². The van der Waals surface area contributed by atoms with Gasteiger partial charge in [0.05, 0.1) is 10.6 Å². The van der Waals surface area contributed by atoms with Crippen LogP contribution in [-0.4, -0.2) is 4.57 Å². The van der Waals surface area contributed by atoms with E-state index in [-0.39, 0.29) is 0 Å². The first-order chi connectivity index (χ1) is 8.75. The number of hydrogen-bond acceptors (Lipinski definition) is 1. The molecule has 0 spiro atoms. The van der Waals surface area contributed by atoms with Crippen LogP contribution in [0.1, 0.15) is 5.69 Å². The minimum absolute atomic E-state index is 0.765. The third kappa shape index (κ3) is 1.98. The van der Waals surface area contributed by atoms with E-state index in [2.05, 4.69) is 41.1 Å². The molecule has 0 saturated heterocycles. The van der Waals surface area contributed by atoms with Gasteiger partial charge in [0.15, 0.2) is 0 Å². The number of halogens is 1. The molecule has 3 heteroatoms. The Bertz CT molecular complexity index is 650. The summed E-state index contributed by atoms with van der Waals surface area (Å²) in [4.78, 5) is 1.28. The third-order valence-electron chi connectivity index (χ3n) is 2.93. The van der Waals surface area contributed by atoms with Crippen molar-refractivity contribution in [2.24, 2.45) is 0 Å². The number of rotatable bonds is 2. The lowest BCUT2D eigenvalue weighted by atomic mass is 10.3. The molecule has 2 aromatic heterocycles. The second kappa shape index (κ2) is 4.63. The highest BCUT2D eigenvalue weighted by molar-refractivity contribution is 7.13. The Hall–Kier alpha value is -1.51. The number of hydrogen-bond donors (Lipinski definition) is 0. The van der Waals surface area contributed by atoms with E-state index in [1.165, 1.54) is 16.3 Å². The number of aryl methyl sites for hydroxylation is 1. The van der Waals surface area contributed by atoms with Gasteiger partial charge >= 0.3 is 0 Å². The first-order valence-corrected chi connectivity index (χ1v) is 6.99. The van der Waals surface area contributed by atoms with E-state index < -0.39 is 0 Å². The lowest BCUT2D eigenvalue weighted by Gasteiger charge is -2.10. The Morgan fingerprint density at radius 1 is 1.00 bits per heavy atom. The summed E-state index contributed by atoms with van der Waals surface area (Å²) in [5.41, 5.74) is 3.59. The van der Waals surface area contributed by atoms with Crippen molar-refractivity contribution in [3.05, 3.63) is 64.6 Å². The summed E-state index contributed by atoms with van der Waals surface area (Å²) in [6, 6.07) is 16.5. The summed E-state index contributed by atoms with van der Waals surface area (Å²) < 4.78 is 2.25. The van der Waals surface area contributed by atoms with Crippen LogP contribution in [0.25, 0.3) is 16.3 Å². The number of nitrogens with zero attached hydrogens (tertiary/aromatic N) is 1. The maximum Gasteiger partial charge on any atom is 0.0631 e. The summed E-state index contributed by atoms with van der Waals surface area (Å²) in [6.45, 7) is 2.12. The molecule has 0 N–H and O–H groups in total. The zero-order chi connectivity index (χ0) is 12.5. The van der Waals surface area contributed by atoms with Crippen LogP contribution in [0.2, 0.25) is 5.02 Å². The molecule has 2 heterocycles. The van der Waals surface area contributed by atoms with Crippen molar-refractivity contribution in [1.29, 1.82) is 0 Å². The van der Waals surface area contributed by atoms with Crippen LogP contribution >= 0.6 is 22.9 Å². The molecule has 3 rings (SSSR count). The van der Waals surface area contributed by atoms with Gasteiger partial charge in [-0.2, -0.15) is 0 Å². The average molecular weight is 274 g/mol. The van der Waals surface area contributed by atoms with Gasteiger partial charge in [0, 0.05) is 16.4 Å². The molecule has 0 unspecified atom stereocenters. The predicted molar refractivity (Wildman–Crippen MR) is 78.8 cm³/mol. The Balaban J connectivity index is 2.17. The quantitative estimate of drug-likeness (QED) is 0.607. The van der Waals surface area contributed by atoms with Gasteiger partial charge in [0.25, 0.3) is 0 Å². The second-order valence-electron chi connectivity index (χ2n) is 4.15. The molecule has 90 valence electrons. The minimum Gasteiger partial charge on any atom is -0.313 e. The molecule has 3 aromatic rings. The van der Waals surface area contributed by atoms with E-state index in [1.54, 1.807) is 11.3 Å². The van der Waals surface area contributed by atoms with Crippen molar-refractivity contribution in [2.75, 3.05) is 0 Å². The van der Waals surface area contributed by atoms with Crippen LogP contribution in [0.4, 0.5) is 0 Å².